The first-order chi connectivity index (χ1) is 14.0. The van der Waals surface area contributed by atoms with E-state index in [1.807, 2.05) is 24.3 Å². The molecule has 0 unspecified atom stereocenters. The molecular weight excluding hydrogens is 384 g/mol. The molecule has 1 amide bonds. The Kier molecular flexibility index (Phi) is 4.98. The van der Waals surface area contributed by atoms with Gasteiger partial charge in [0.2, 0.25) is 0 Å². The number of anilines is 2. The van der Waals surface area contributed by atoms with Crippen LogP contribution in [0.1, 0.15) is 36.8 Å². The molecule has 0 spiro atoms. The maximum atomic E-state index is 11.9. The minimum atomic E-state index is -0.0942. The lowest BCUT2D eigenvalue weighted by atomic mass is 9.89. The van der Waals surface area contributed by atoms with Crippen LogP contribution in [0.15, 0.2) is 36.5 Å². The van der Waals surface area contributed by atoms with E-state index >= 15 is 0 Å². The number of likely N-dealkylation sites (tertiary alicyclic amines) is 1. The Bertz CT molecular complexity index is 1160. The Labute approximate surface area is 172 Å². The Morgan fingerprint density at radius 1 is 1.24 bits per heavy atom. The molecule has 8 heteroatoms. The van der Waals surface area contributed by atoms with Crippen LogP contribution in [-0.2, 0) is 4.79 Å². The zero-order valence-corrected chi connectivity index (χ0v) is 16.7. The van der Waals surface area contributed by atoms with E-state index < -0.39 is 0 Å². The fraction of sp³-hybridized carbons (Fsp3) is 0.286. The monoisotopic (exact) mass is 403 g/mol. The highest BCUT2D eigenvalue weighted by atomic mass is 32.1. The third-order valence-electron chi connectivity index (χ3n) is 5.52. The zero-order valence-electron chi connectivity index (χ0n) is 15.9. The molecule has 1 N–H and O–H groups in total. The van der Waals surface area contributed by atoms with Gasteiger partial charge in [-0.25, -0.2) is 14.8 Å². The third-order valence-corrected chi connectivity index (χ3v) is 6.45. The molecule has 0 saturated carbocycles. The second-order valence-electron chi connectivity index (χ2n) is 7.22. The van der Waals surface area contributed by atoms with E-state index in [1.54, 1.807) is 12.3 Å². The van der Waals surface area contributed by atoms with Gasteiger partial charge in [0.25, 0.3) is 0 Å². The van der Waals surface area contributed by atoms with Crippen LogP contribution in [0.2, 0.25) is 0 Å². The molecule has 0 aliphatic carbocycles. The van der Waals surface area contributed by atoms with E-state index in [1.165, 1.54) is 18.3 Å². The highest BCUT2D eigenvalue weighted by Crippen LogP contribution is 2.33. The summed E-state index contributed by atoms with van der Waals surface area (Å²) in [4.78, 5) is 20.8. The van der Waals surface area contributed by atoms with Crippen LogP contribution >= 0.6 is 11.3 Å². The average molecular weight is 403 g/mol. The minimum Gasteiger partial charge on any atom is -0.316 e. The molecule has 0 radical (unpaired) electrons. The fourth-order valence-corrected chi connectivity index (χ4v) is 4.67. The molecule has 1 aromatic carbocycles. The Morgan fingerprint density at radius 2 is 2.03 bits per heavy atom. The molecule has 1 aliphatic heterocycles. The quantitative estimate of drug-likeness (QED) is 0.523. The van der Waals surface area contributed by atoms with E-state index in [9.17, 15) is 10.1 Å². The lowest BCUT2D eigenvalue weighted by Crippen LogP contribution is -2.52. The number of thiazole rings is 1. The number of rotatable bonds is 3. The highest BCUT2D eigenvalue weighted by molar-refractivity contribution is 7.22. The lowest BCUT2D eigenvalue weighted by molar-refractivity contribution is -0.794. The number of nitriles is 2. The number of quaternary nitrogens is 1. The van der Waals surface area contributed by atoms with Gasteiger partial charge in [0, 0.05) is 19.0 Å². The number of pyridine rings is 1. The second-order valence-corrected chi connectivity index (χ2v) is 8.25. The molecule has 29 heavy (non-hydrogen) atoms. The van der Waals surface area contributed by atoms with Crippen LogP contribution in [-0.4, -0.2) is 33.4 Å². The predicted molar refractivity (Wildman–Crippen MR) is 110 cm³/mol. The van der Waals surface area contributed by atoms with Crippen molar-refractivity contribution in [3.05, 3.63) is 47.7 Å². The molecule has 3 aromatic rings. The number of nitrogens with one attached hydrogen (secondary N) is 1. The maximum absolute atomic E-state index is 11.9. The van der Waals surface area contributed by atoms with Gasteiger partial charge in [-0.3, -0.25) is 0 Å². The molecule has 1 fully saturated rings. The summed E-state index contributed by atoms with van der Waals surface area (Å²) in [5.41, 5.74) is 2.60. The summed E-state index contributed by atoms with van der Waals surface area (Å²) in [6, 6.07) is 11.6. The number of hydrogen-bond acceptors (Lipinski definition) is 7. The van der Waals surface area contributed by atoms with Crippen LogP contribution in [0.25, 0.3) is 10.2 Å². The van der Waals surface area contributed by atoms with Crippen molar-refractivity contribution in [2.45, 2.75) is 25.7 Å². The first kappa shape index (κ1) is 19.0. The van der Waals surface area contributed by atoms with Crippen LogP contribution < -0.4 is 5.32 Å². The molecule has 4 rings (SSSR count). The number of nitrogens with zero attached hydrogens (tertiary/aromatic N) is 5. The van der Waals surface area contributed by atoms with Crippen molar-refractivity contribution in [1.82, 2.24) is 9.97 Å². The number of fused-ring (bicyclic) bond motifs is 1. The van der Waals surface area contributed by atoms with Gasteiger partial charge in [0.05, 0.1) is 28.8 Å². The third kappa shape index (κ3) is 3.68. The summed E-state index contributed by atoms with van der Waals surface area (Å²) < 4.78 is 0.855. The van der Waals surface area contributed by atoms with Gasteiger partial charge in [-0.15, -0.1) is 5.26 Å². The number of amides is 1. The second kappa shape index (κ2) is 7.59. The van der Waals surface area contributed by atoms with E-state index in [2.05, 4.69) is 27.5 Å². The van der Waals surface area contributed by atoms with Crippen molar-refractivity contribution in [3.8, 4) is 12.3 Å². The Balaban J connectivity index is 1.51. The summed E-state index contributed by atoms with van der Waals surface area (Å²) in [5.74, 6) is 0.921. The number of aromatic nitrogens is 2. The molecular formula is C21H19N6OS+. The van der Waals surface area contributed by atoms with Gasteiger partial charge in [0.15, 0.2) is 5.13 Å². The van der Waals surface area contributed by atoms with E-state index in [-0.39, 0.29) is 10.4 Å². The number of benzene rings is 1. The normalized spacial score (nSPS) is 21.3. The van der Waals surface area contributed by atoms with Gasteiger partial charge in [-0.2, -0.15) is 9.74 Å². The summed E-state index contributed by atoms with van der Waals surface area (Å²) >= 11 is 1.48. The Hall–Kier alpha value is -3.33. The SMILES string of the molecule is CC(=O)[N+]1(C#N)CCC(c2ccnc(Nc3nc4ccc(C#N)cc4s3)c2)CC1. The molecule has 144 valence electrons. The van der Waals surface area contributed by atoms with E-state index in [0.29, 0.717) is 30.4 Å². The molecule has 2 aromatic heterocycles. The van der Waals surface area contributed by atoms with Crippen molar-refractivity contribution in [1.29, 1.82) is 10.5 Å². The average Bonchev–Trinajstić information content (AvgIpc) is 3.15. The summed E-state index contributed by atoms with van der Waals surface area (Å²) in [6.07, 6.45) is 5.53. The highest BCUT2D eigenvalue weighted by Gasteiger charge is 2.39. The first-order valence-electron chi connectivity index (χ1n) is 9.36. The fourth-order valence-electron chi connectivity index (χ4n) is 3.75. The molecule has 3 heterocycles. The minimum absolute atomic E-state index is 0.0848. The van der Waals surface area contributed by atoms with Crippen LogP contribution in [0.4, 0.5) is 10.9 Å². The number of hydrogen-bond donors (Lipinski definition) is 1. The first-order valence-corrected chi connectivity index (χ1v) is 10.2. The Morgan fingerprint density at radius 3 is 2.72 bits per heavy atom. The molecule has 0 atom stereocenters. The summed E-state index contributed by atoms with van der Waals surface area (Å²) in [6.45, 7) is 2.58. The van der Waals surface area contributed by atoms with Crippen molar-refractivity contribution in [2.24, 2.45) is 0 Å². The van der Waals surface area contributed by atoms with Crippen LogP contribution in [0, 0.1) is 22.8 Å². The lowest BCUT2D eigenvalue weighted by Gasteiger charge is -2.33. The number of carbonyl (C=O) groups is 1. The summed E-state index contributed by atoms with van der Waals surface area (Å²) in [5, 5.41) is 22.5. The van der Waals surface area contributed by atoms with E-state index in [0.717, 1.165) is 33.8 Å². The van der Waals surface area contributed by atoms with Crippen molar-refractivity contribution >= 4 is 38.4 Å². The smallest absolute Gasteiger partial charge is 0.316 e. The molecule has 0 bridgehead atoms. The molecule has 1 aliphatic rings. The topological polar surface area (TPSA) is 102 Å². The van der Waals surface area contributed by atoms with Gasteiger partial charge < -0.3 is 5.32 Å². The number of carbonyl (C=O) groups excluding carboxylic acids is 1. The van der Waals surface area contributed by atoms with E-state index in [4.69, 9.17) is 5.26 Å². The maximum Gasteiger partial charge on any atom is 0.325 e. The van der Waals surface area contributed by atoms with Crippen LogP contribution in [0.5, 0.6) is 0 Å². The standard InChI is InChI=1S/C21H19N6OS/c1-14(28)27(13-23)8-5-16(6-9-27)17-4-7-24-20(11-17)26-21-25-18-3-2-15(12-22)10-19(18)29-21/h2-4,7,10-11,16H,5-6,8-9H2,1H3,(H,24,25,26)/q+1. The largest absolute Gasteiger partial charge is 0.325 e. The molecule has 1 saturated heterocycles. The van der Waals surface area contributed by atoms with Crippen molar-refractivity contribution in [3.63, 3.8) is 0 Å². The van der Waals surface area contributed by atoms with Crippen molar-refractivity contribution < 1.29 is 9.28 Å². The zero-order chi connectivity index (χ0) is 20.4. The van der Waals surface area contributed by atoms with Gasteiger partial charge in [-0.1, -0.05) is 11.3 Å². The molecule has 7 nitrogen and oxygen atoms in total. The van der Waals surface area contributed by atoms with Crippen molar-refractivity contribution in [2.75, 3.05) is 18.4 Å². The van der Waals surface area contributed by atoms with Gasteiger partial charge in [-0.05, 0) is 41.8 Å². The van der Waals surface area contributed by atoms with Crippen LogP contribution in [0.3, 0.4) is 0 Å². The predicted octanol–water partition coefficient (Wildman–Crippen LogP) is 4.03. The van der Waals surface area contributed by atoms with Gasteiger partial charge >= 0.3 is 12.1 Å². The number of piperidine rings is 1. The van der Waals surface area contributed by atoms with Gasteiger partial charge in [0.1, 0.15) is 18.9 Å². The summed E-state index contributed by atoms with van der Waals surface area (Å²) in [7, 11) is 0.